The number of piperidine rings is 1. The van der Waals surface area contributed by atoms with Gasteiger partial charge in [0.1, 0.15) is 6.07 Å². The van der Waals surface area contributed by atoms with Gasteiger partial charge in [-0.2, -0.15) is 9.57 Å². The Kier molecular flexibility index (Phi) is 5.63. The summed E-state index contributed by atoms with van der Waals surface area (Å²) >= 11 is 5.96. The van der Waals surface area contributed by atoms with Crippen molar-refractivity contribution in [3.8, 4) is 6.07 Å². The molecule has 0 aliphatic carbocycles. The SMILES string of the molecule is CC(C#N)OC(=O)c1cc(S(=O)(=O)N2CCCCC2)ccc1Cl. The highest BCUT2D eigenvalue weighted by atomic mass is 35.5. The van der Waals surface area contributed by atoms with Crippen molar-refractivity contribution in [3.63, 3.8) is 0 Å². The van der Waals surface area contributed by atoms with Gasteiger partial charge < -0.3 is 4.74 Å². The largest absolute Gasteiger partial charge is 0.444 e. The number of nitrogens with zero attached hydrogens (tertiary/aromatic N) is 2. The van der Waals surface area contributed by atoms with Crippen molar-refractivity contribution in [2.45, 2.75) is 37.2 Å². The van der Waals surface area contributed by atoms with Crippen molar-refractivity contribution in [3.05, 3.63) is 28.8 Å². The van der Waals surface area contributed by atoms with E-state index in [4.69, 9.17) is 21.6 Å². The molecular formula is C15H17ClN2O4S. The van der Waals surface area contributed by atoms with Crippen molar-refractivity contribution in [1.29, 1.82) is 5.26 Å². The first-order valence-corrected chi connectivity index (χ1v) is 9.08. The van der Waals surface area contributed by atoms with Gasteiger partial charge in [0.2, 0.25) is 10.0 Å². The van der Waals surface area contributed by atoms with Gasteiger partial charge in [-0.05, 0) is 38.0 Å². The second-order valence-electron chi connectivity index (χ2n) is 5.28. The third kappa shape index (κ3) is 4.02. The minimum absolute atomic E-state index is 0.000334. The molecule has 0 spiro atoms. The van der Waals surface area contributed by atoms with Crippen LogP contribution in [0.4, 0.5) is 0 Å². The van der Waals surface area contributed by atoms with Gasteiger partial charge in [-0.3, -0.25) is 0 Å². The lowest BCUT2D eigenvalue weighted by Crippen LogP contribution is -2.35. The average Bonchev–Trinajstić information content (AvgIpc) is 2.55. The molecule has 1 atom stereocenters. The van der Waals surface area contributed by atoms with Crippen molar-refractivity contribution in [2.24, 2.45) is 0 Å². The highest BCUT2D eigenvalue weighted by molar-refractivity contribution is 7.89. The minimum atomic E-state index is -3.67. The summed E-state index contributed by atoms with van der Waals surface area (Å²) in [4.78, 5) is 12.0. The van der Waals surface area contributed by atoms with Crippen LogP contribution in [0, 0.1) is 11.3 Å². The molecular weight excluding hydrogens is 340 g/mol. The Bertz CT molecular complexity index is 736. The van der Waals surface area contributed by atoms with E-state index in [0.29, 0.717) is 13.1 Å². The van der Waals surface area contributed by atoms with E-state index in [0.717, 1.165) is 19.3 Å². The van der Waals surface area contributed by atoms with Crippen LogP contribution in [0.15, 0.2) is 23.1 Å². The van der Waals surface area contributed by atoms with Crippen LogP contribution in [-0.2, 0) is 14.8 Å². The Balaban J connectivity index is 2.33. The molecule has 6 nitrogen and oxygen atoms in total. The molecule has 1 unspecified atom stereocenters. The molecule has 1 saturated heterocycles. The lowest BCUT2D eigenvalue weighted by molar-refractivity contribution is 0.0435. The number of benzene rings is 1. The molecule has 0 N–H and O–H groups in total. The number of nitriles is 1. The molecule has 2 rings (SSSR count). The number of ether oxygens (including phenoxy) is 1. The first-order valence-electron chi connectivity index (χ1n) is 7.26. The van der Waals surface area contributed by atoms with Gasteiger partial charge in [0.05, 0.1) is 15.5 Å². The van der Waals surface area contributed by atoms with Gasteiger partial charge in [0, 0.05) is 13.1 Å². The van der Waals surface area contributed by atoms with Crippen LogP contribution in [0.1, 0.15) is 36.5 Å². The summed E-state index contributed by atoms with van der Waals surface area (Å²) in [7, 11) is -3.67. The van der Waals surface area contributed by atoms with Crippen LogP contribution < -0.4 is 0 Å². The first-order chi connectivity index (χ1) is 10.9. The maximum atomic E-state index is 12.6. The Labute approximate surface area is 140 Å². The van der Waals surface area contributed by atoms with Crippen LogP contribution >= 0.6 is 11.6 Å². The van der Waals surface area contributed by atoms with Gasteiger partial charge in [0.25, 0.3) is 0 Å². The Morgan fingerprint density at radius 3 is 2.61 bits per heavy atom. The number of hydrogen-bond donors (Lipinski definition) is 0. The zero-order valence-corrected chi connectivity index (χ0v) is 14.2. The number of halogens is 1. The predicted molar refractivity (Wildman–Crippen MR) is 84.6 cm³/mol. The number of rotatable bonds is 4. The molecule has 0 bridgehead atoms. The summed E-state index contributed by atoms with van der Waals surface area (Å²) in [6.45, 7) is 2.35. The average molecular weight is 357 g/mol. The Hall–Kier alpha value is -1.62. The summed E-state index contributed by atoms with van der Waals surface area (Å²) < 4.78 is 31.6. The summed E-state index contributed by atoms with van der Waals surface area (Å²) in [5, 5.41) is 8.77. The van der Waals surface area contributed by atoms with E-state index in [1.165, 1.54) is 29.4 Å². The number of carbonyl (C=O) groups is 1. The summed E-state index contributed by atoms with van der Waals surface area (Å²) in [5.41, 5.74) is -0.0631. The standard InChI is InChI=1S/C15H17ClN2O4S/c1-11(10-17)22-15(19)13-9-12(5-6-14(13)16)23(20,21)18-7-3-2-4-8-18/h5-6,9,11H,2-4,7-8H2,1H3. The smallest absolute Gasteiger partial charge is 0.340 e. The second-order valence-corrected chi connectivity index (χ2v) is 7.63. The molecule has 1 fully saturated rings. The second kappa shape index (κ2) is 7.30. The third-order valence-corrected chi connectivity index (χ3v) is 5.80. The van der Waals surface area contributed by atoms with E-state index in [2.05, 4.69) is 0 Å². The highest BCUT2D eigenvalue weighted by Crippen LogP contribution is 2.25. The number of esters is 1. The highest BCUT2D eigenvalue weighted by Gasteiger charge is 2.27. The molecule has 0 amide bonds. The Morgan fingerprint density at radius 2 is 2.00 bits per heavy atom. The molecule has 0 saturated carbocycles. The van der Waals surface area contributed by atoms with E-state index >= 15 is 0 Å². The van der Waals surface area contributed by atoms with Crippen LogP contribution in [0.25, 0.3) is 0 Å². The molecule has 124 valence electrons. The summed E-state index contributed by atoms with van der Waals surface area (Å²) in [5.74, 6) is -0.820. The zero-order chi connectivity index (χ0) is 17.0. The quantitative estimate of drug-likeness (QED) is 0.774. The van der Waals surface area contributed by atoms with E-state index in [-0.39, 0.29) is 15.5 Å². The lowest BCUT2D eigenvalue weighted by atomic mass is 10.2. The topological polar surface area (TPSA) is 87.5 Å². The van der Waals surface area contributed by atoms with E-state index in [1.54, 1.807) is 6.07 Å². The van der Waals surface area contributed by atoms with Gasteiger partial charge in [0.15, 0.2) is 6.10 Å². The summed E-state index contributed by atoms with van der Waals surface area (Å²) in [6, 6.07) is 5.70. The van der Waals surface area contributed by atoms with Gasteiger partial charge >= 0.3 is 5.97 Å². The van der Waals surface area contributed by atoms with Crippen LogP contribution in [0.3, 0.4) is 0 Å². The molecule has 1 heterocycles. The fraction of sp³-hybridized carbons (Fsp3) is 0.467. The molecule has 1 aliphatic heterocycles. The van der Waals surface area contributed by atoms with E-state index in [1.807, 2.05) is 0 Å². The normalized spacial score (nSPS) is 17.3. The molecule has 8 heteroatoms. The third-order valence-electron chi connectivity index (χ3n) is 3.58. The number of sulfonamides is 1. The van der Waals surface area contributed by atoms with Crippen molar-refractivity contribution < 1.29 is 17.9 Å². The summed E-state index contributed by atoms with van der Waals surface area (Å²) in [6.07, 6.45) is 1.71. The molecule has 1 aliphatic rings. The van der Waals surface area contributed by atoms with Crippen molar-refractivity contribution >= 4 is 27.6 Å². The molecule has 0 radical (unpaired) electrons. The zero-order valence-electron chi connectivity index (χ0n) is 12.7. The fourth-order valence-corrected chi connectivity index (χ4v) is 4.06. The molecule has 0 aromatic heterocycles. The fourth-order valence-electron chi connectivity index (χ4n) is 2.33. The molecule has 23 heavy (non-hydrogen) atoms. The van der Waals surface area contributed by atoms with Gasteiger partial charge in [-0.1, -0.05) is 18.0 Å². The van der Waals surface area contributed by atoms with Crippen molar-refractivity contribution in [1.82, 2.24) is 4.31 Å². The minimum Gasteiger partial charge on any atom is -0.444 e. The monoisotopic (exact) mass is 356 g/mol. The molecule has 1 aromatic carbocycles. The lowest BCUT2D eigenvalue weighted by Gasteiger charge is -2.26. The maximum absolute atomic E-state index is 12.6. The Morgan fingerprint density at radius 1 is 1.35 bits per heavy atom. The van der Waals surface area contributed by atoms with Crippen LogP contribution in [0.5, 0.6) is 0 Å². The van der Waals surface area contributed by atoms with Crippen LogP contribution in [-0.4, -0.2) is 37.9 Å². The van der Waals surface area contributed by atoms with E-state index < -0.39 is 22.1 Å². The molecule has 1 aromatic rings. The maximum Gasteiger partial charge on any atom is 0.340 e. The van der Waals surface area contributed by atoms with Crippen LogP contribution in [0.2, 0.25) is 5.02 Å². The predicted octanol–water partition coefficient (Wildman–Crippen LogP) is 2.58. The number of carbonyl (C=O) groups excluding carboxylic acids is 1. The number of hydrogen-bond acceptors (Lipinski definition) is 5. The first kappa shape index (κ1) is 17.7. The van der Waals surface area contributed by atoms with Gasteiger partial charge in [-0.25, -0.2) is 13.2 Å². The van der Waals surface area contributed by atoms with Gasteiger partial charge in [-0.15, -0.1) is 0 Å². The van der Waals surface area contributed by atoms with E-state index in [9.17, 15) is 13.2 Å². The van der Waals surface area contributed by atoms with Crippen molar-refractivity contribution in [2.75, 3.05) is 13.1 Å².